The fourth-order valence-electron chi connectivity index (χ4n) is 0.694. The Hall–Kier alpha value is -0.740. The standard InChI is InChI=1S/C6H9ClN2O2/c1-11-3-2-9-6(7)5(10)4-8-9/h4,10H,2-3H2,1H3. The van der Waals surface area contributed by atoms with Gasteiger partial charge in [0.15, 0.2) is 10.9 Å². The van der Waals surface area contributed by atoms with Crippen LogP contribution in [0.3, 0.4) is 0 Å². The maximum atomic E-state index is 8.98. The zero-order valence-corrected chi connectivity index (χ0v) is 6.88. The molecular formula is C6H9ClN2O2. The van der Waals surface area contributed by atoms with E-state index in [2.05, 4.69) is 5.10 Å². The SMILES string of the molecule is COCCn1ncc(O)c1Cl. The summed E-state index contributed by atoms with van der Waals surface area (Å²) in [5, 5.41) is 13.0. The molecular weight excluding hydrogens is 168 g/mol. The minimum atomic E-state index is 0.00256. The van der Waals surface area contributed by atoms with Crippen LogP contribution in [0.4, 0.5) is 0 Å². The Kier molecular flexibility index (Phi) is 2.73. The van der Waals surface area contributed by atoms with Crippen LogP contribution in [0.25, 0.3) is 0 Å². The molecule has 0 aromatic carbocycles. The highest BCUT2D eigenvalue weighted by molar-refractivity contribution is 6.30. The van der Waals surface area contributed by atoms with E-state index in [4.69, 9.17) is 21.4 Å². The molecule has 5 heteroatoms. The van der Waals surface area contributed by atoms with E-state index in [0.717, 1.165) is 0 Å². The fraction of sp³-hybridized carbons (Fsp3) is 0.500. The molecule has 0 unspecified atom stereocenters. The third-order valence-electron chi connectivity index (χ3n) is 1.26. The first-order valence-electron chi connectivity index (χ1n) is 3.15. The van der Waals surface area contributed by atoms with E-state index in [0.29, 0.717) is 13.2 Å². The molecule has 1 N–H and O–H groups in total. The summed E-state index contributed by atoms with van der Waals surface area (Å²) < 4.78 is 6.28. The maximum Gasteiger partial charge on any atom is 0.172 e. The highest BCUT2D eigenvalue weighted by Crippen LogP contribution is 2.20. The molecule has 0 saturated heterocycles. The Morgan fingerprint density at radius 2 is 2.55 bits per heavy atom. The first-order chi connectivity index (χ1) is 5.25. The molecule has 0 aliphatic rings. The van der Waals surface area contributed by atoms with Crippen molar-refractivity contribution in [2.75, 3.05) is 13.7 Å². The van der Waals surface area contributed by atoms with Crippen molar-refractivity contribution < 1.29 is 9.84 Å². The lowest BCUT2D eigenvalue weighted by Gasteiger charge is -2.00. The second-order valence-electron chi connectivity index (χ2n) is 2.04. The van der Waals surface area contributed by atoms with Crippen LogP contribution in [0.1, 0.15) is 0 Å². The molecule has 1 rings (SSSR count). The quantitative estimate of drug-likeness (QED) is 0.744. The molecule has 4 nitrogen and oxygen atoms in total. The first-order valence-corrected chi connectivity index (χ1v) is 3.52. The third-order valence-corrected chi connectivity index (χ3v) is 1.65. The number of halogens is 1. The molecule has 0 aliphatic carbocycles. The second-order valence-corrected chi connectivity index (χ2v) is 2.39. The number of nitrogens with zero attached hydrogens (tertiary/aromatic N) is 2. The van der Waals surface area contributed by atoms with Gasteiger partial charge in [-0.3, -0.25) is 0 Å². The molecule has 11 heavy (non-hydrogen) atoms. The average Bonchev–Trinajstić information content (AvgIpc) is 2.31. The number of ether oxygens (including phenoxy) is 1. The summed E-state index contributed by atoms with van der Waals surface area (Å²) >= 11 is 5.64. The summed E-state index contributed by atoms with van der Waals surface area (Å²) in [6.07, 6.45) is 1.30. The maximum absolute atomic E-state index is 8.98. The van der Waals surface area contributed by atoms with Crippen LogP contribution in [0.5, 0.6) is 5.75 Å². The summed E-state index contributed by atoms with van der Waals surface area (Å²) in [6.45, 7) is 1.08. The van der Waals surface area contributed by atoms with E-state index >= 15 is 0 Å². The molecule has 1 heterocycles. The van der Waals surface area contributed by atoms with Crippen LogP contribution in [0.2, 0.25) is 5.15 Å². The monoisotopic (exact) mass is 176 g/mol. The number of aromatic hydroxyl groups is 1. The topological polar surface area (TPSA) is 47.3 Å². The van der Waals surface area contributed by atoms with Gasteiger partial charge in [-0.1, -0.05) is 11.6 Å². The van der Waals surface area contributed by atoms with Crippen LogP contribution in [0.15, 0.2) is 6.20 Å². The molecule has 0 radical (unpaired) electrons. The normalized spacial score (nSPS) is 10.4. The fourth-order valence-corrected chi connectivity index (χ4v) is 0.871. The van der Waals surface area contributed by atoms with Gasteiger partial charge in [0.25, 0.3) is 0 Å². The van der Waals surface area contributed by atoms with Crippen molar-refractivity contribution in [3.8, 4) is 5.75 Å². The lowest BCUT2D eigenvalue weighted by molar-refractivity contribution is 0.183. The predicted octanol–water partition coefficient (Wildman–Crippen LogP) is 0.888. The van der Waals surface area contributed by atoms with Gasteiger partial charge in [-0.2, -0.15) is 5.10 Å². The number of aromatic nitrogens is 2. The van der Waals surface area contributed by atoms with Crippen molar-refractivity contribution in [3.63, 3.8) is 0 Å². The van der Waals surface area contributed by atoms with E-state index in [1.807, 2.05) is 0 Å². The Morgan fingerprint density at radius 3 is 3.00 bits per heavy atom. The zero-order valence-electron chi connectivity index (χ0n) is 6.12. The minimum absolute atomic E-state index is 0.00256. The highest BCUT2D eigenvalue weighted by Gasteiger charge is 2.04. The number of hydrogen-bond acceptors (Lipinski definition) is 3. The van der Waals surface area contributed by atoms with Crippen molar-refractivity contribution in [2.24, 2.45) is 0 Å². The molecule has 1 aromatic rings. The summed E-state index contributed by atoms with van der Waals surface area (Å²) in [4.78, 5) is 0. The lowest BCUT2D eigenvalue weighted by Crippen LogP contribution is -2.05. The molecule has 0 aliphatic heterocycles. The van der Waals surface area contributed by atoms with Gasteiger partial charge in [0.05, 0.1) is 19.3 Å². The van der Waals surface area contributed by atoms with Crippen molar-refractivity contribution >= 4 is 11.6 Å². The average molecular weight is 177 g/mol. The largest absolute Gasteiger partial charge is 0.504 e. The molecule has 0 bridgehead atoms. The summed E-state index contributed by atoms with van der Waals surface area (Å²) in [5.41, 5.74) is 0. The first kappa shape index (κ1) is 8.36. The summed E-state index contributed by atoms with van der Waals surface area (Å²) in [5.74, 6) is 0.00256. The van der Waals surface area contributed by atoms with Gasteiger partial charge in [-0.15, -0.1) is 0 Å². The van der Waals surface area contributed by atoms with E-state index in [9.17, 15) is 0 Å². The molecule has 62 valence electrons. The minimum Gasteiger partial charge on any atom is -0.504 e. The van der Waals surface area contributed by atoms with E-state index < -0.39 is 0 Å². The lowest BCUT2D eigenvalue weighted by atomic mass is 10.6. The summed E-state index contributed by atoms with van der Waals surface area (Å²) in [6, 6.07) is 0. The Balaban J connectivity index is 2.63. The number of methoxy groups -OCH3 is 1. The van der Waals surface area contributed by atoms with Crippen molar-refractivity contribution in [1.29, 1.82) is 0 Å². The van der Waals surface area contributed by atoms with E-state index in [-0.39, 0.29) is 10.9 Å². The molecule has 0 saturated carbocycles. The molecule has 0 fully saturated rings. The molecule has 0 amide bonds. The Bertz CT molecular complexity index is 236. The van der Waals surface area contributed by atoms with E-state index in [1.54, 1.807) is 7.11 Å². The molecule has 1 aromatic heterocycles. The van der Waals surface area contributed by atoms with Gasteiger partial charge in [0.2, 0.25) is 0 Å². The van der Waals surface area contributed by atoms with Gasteiger partial charge < -0.3 is 9.84 Å². The van der Waals surface area contributed by atoms with Crippen molar-refractivity contribution in [1.82, 2.24) is 9.78 Å². The Morgan fingerprint density at radius 1 is 1.82 bits per heavy atom. The van der Waals surface area contributed by atoms with Crippen molar-refractivity contribution in [2.45, 2.75) is 6.54 Å². The van der Waals surface area contributed by atoms with Gasteiger partial charge in [0, 0.05) is 7.11 Å². The van der Waals surface area contributed by atoms with E-state index in [1.165, 1.54) is 10.9 Å². The Labute approximate surface area is 69.3 Å². The van der Waals surface area contributed by atoms with Gasteiger partial charge in [-0.05, 0) is 0 Å². The van der Waals surface area contributed by atoms with Gasteiger partial charge >= 0.3 is 0 Å². The smallest absolute Gasteiger partial charge is 0.172 e. The van der Waals surface area contributed by atoms with Crippen molar-refractivity contribution in [3.05, 3.63) is 11.3 Å². The number of rotatable bonds is 3. The zero-order chi connectivity index (χ0) is 8.27. The van der Waals surface area contributed by atoms with Crippen LogP contribution in [-0.4, -0.2) is 28.6 Å². The number of hydrogen-bond donors (Lipinski definition) is 1. The molecule has 0 atom stereocenters. The second kappa shape index (κ2) is 3.59. The summed E-state index contributed by atoms with van der Waals surface area (Å²) in [7, 11) is 1.59. The van der Waals surface area contributed by atoms with Gasteiger partial charge in [0.1, 0.15) is 0 Å². The van der Waals surface area contributed by atoms with Crippen LogP contribution in [-0.2, 0) is 11.3 Å². The van der Waals surface area contributed by atoms with Crippen LogP contribution < -0.4 is 0 Å². The highest BCUT2D eigenvalue weighted by atomic mass is 35.5. The third kappa shape index (κ3) is 1.85. The predicted molar refractivity (Wildman–Crippen MR) is 40.8 cm³/mol. The molecule has 0 spiro atoms. The van der Waals surface area contributed by atoms with Gasteiger partial charge in [-0.25, -0.2) is 4.68 Å². The van der Waals surface area contributed by atoms with Crippen LogP contribution >= 0.6 is 11.6 Å². The van der Waals surface area contributed by atoms with Crippen LogP contribution in [0, 0.1) is 0 Å².